The minimum absolute atomic E-state index is 0.0475. The average Bonchev–Trinajstić information content (AvgIpc) is 2.36. The summed E-state index contributed by atoms with van der Waals surface area (Å²) < 4.78 is 5.56. The molecule has 0 radical (unpaired) electrons. The van der Waals surface area contributed by atoms with Crippen LogP contribution in [0.15, 0.2) is 21.5 Å². The number of carbonyl (C=O) groups excluding carboxylic acids is 1. The molecule has 0 aliphatic rings. The Morgan fingerprint density at radius 2 is 2.21 bits per heavy atom. The van der Waals surface area contributed by atoms with Crippen LogP contribution >= 0.6 is 27.5 Å². The van der Waals surface area contributed by atoms with Crippen LogP contribution in [0.25, 0.3) is 10.9 Å². The van der Waals surface area contributed by atoms with Crippen molar-refractivity contribution in [3.05, 3.63) is 43.1 Å². The fraction of sp³-hybridized carbons (Fsp3) is 0.231. The lowest BCUT2D eigenvalue weighted by Crippen LogP contribution is -2.18. The molecule has 1 aromatic heterocycles. The van der Waals surface area contributed by atoms with Crippen molar-refractivity contribution in [2.75, 3.05) is 6.61 Å². The molecule has 0 aliphatic heterocycles. The zero-order chi connectivity index (χ0) is 14.2. The molecule has 0 amide bonds. The molecule has 6 heteroatoms. The molecule has 1 N–H and O–H groups in total. The molecule has 0 unspecified atom stereocenters. The Balaban J connectivity index is 2.82. The Labute approximate surface area is 122 Å². The summed E-state index contributed by atoms with van der Waals surface area (Å²) in [5.41, 5.74) is 0.844. The number of hydrogen-bond donors (Lipinski definition) is 1. The molecule has 0 atom stereocenters. The van der Waals surface area contributed by atoms with E-state index in [0.717, 1.165) is 10.0 Å². The van der Waals surface area contributed by atoms with E-state index in [2.05, 4.69) is 20.9 Å². The van der Waals surface area contributed by atoms with Crippen LogP contribution in [0, 0.1) is 6.92 Å². The van der Waals surface area contributed by atoms with Gasteiger partial charge >= 0.3 is 5.97 Å². The molecule has 100 valence electrons. The maximum atomic E-state index is 12.3. The smallest absolute Gasteiger partial charge is 0.343 e. The van der Waals surface area contributed by atoms with Crippen LogP contribution in [-0.4, -0.2) is 17.6 Å². The van der Waals surface area contributed by atoms with E-state index >= 15 is 0 Å². The molecule has 19 heavy (non-hydrogen) atoms. The van der Waals surface area contributed by atoms with Gasteiger partial charge in [0, 0.05) is 10.7 Å². The number of esters is 1. The Kier molecular flexibility index (Phi) is 3.96. The zero-order valence-corrected chi connectivity index (χ0v) is 12.7. The molecule has 4 nitrogen and oxygen atoms in total. The van der Waals surface area contributed by atoms with Crippen LogP contribution < -0.4 is 5.43 Å². The SMILES string of the molecule is CCOC(=O)c1c[nH]c2c(Br)cc(C)c(Cl)c2c1=O. The normalized spacial score (nSPS) is 10.7. The highest BCUT2D eigenvalue weighted by Gasteiger charge is 2.18. The van der Waals surface area contributed by atoms with Gasteiger partial charge in [0.1, 0.15) is 5.56 Å². The monoisotopic (exact) mass is 343 g/mol. The lowest BCUT2D eigenvalue weighted by molar-refractivity contribution is 0.0524. The van der Waals surface area contributed by atoms with Crippen molar-refractivity contribution in [3.8, 4) is 0 Å². The Morgan fingerprint density at radius 1 is 1.53 bits per heavy atom. The van der Waals surface area contributed by atoms with Crippen molar-refractivity contribution in [3.63, 3.8) is 0 Å². The largest absolute Gasteiger partial charge is 0.462 e. The average molecular weight is 345 g/mol. The van der Waals surface area contributed by atoms with Crippen molar-refractivity contribution >= 4 is 44.4 Å². The van der Waals surface area contributed by atoms with Gasteiger partial charge in [0.25, 0.3) is 0 Å². The van der Waals surface area contributed by atoms with E-state index in [-0.39, 0.29) is 12.2 Å². The minimum atomic E-state index is -0.653. The van der Waals surface area contributed by atoms with Crippen LogP contribution in [0.3, 0.4) is 0 Å². The minimum Gasteiger partial charge on any atom is -0.462 e. The highest BCUT2D eigenvalue weighted by molar-refractivity contribution is 9.10. The number of halogens is 2. The second kappa shape index (κ2) is 5.35. The van der Waals surface area contributed by atoms with Crippen LogP contribution in [0.5, 0.6) is 0 Å². The fourth-order valence-corrected chi connectivity index (χ4v) is 2.70. The van der Waals surface area contributed by atoms with Gasteiger partial charge in [0.15, 0.2) is 0 Å². The molecule has 2 aromatic rings. The Bertz CT molecular complexity index is 724. The molecule has 0 bridgehead atoms. The second-order valence-electron chi connectivity index (χ2n) is 3.99. The summed E-state index contributed by atoms with van der Waals surface area (Å²) in [6.45, 7) is 3.69. The van der Waals surface area contributed by atoms with Crippen molar-refractivity contribution in [1.29, 1.82) is 0 Å². The number of aryl methyl sites for hydroxylation is 1. The first-order chi connectivity index (χ1) is 8.97. The highest BCUT2D eigenvalue weighted by Crippen LogP contribution is 2.29. The summed E-state index contributed by atoms with van der Waals surface area (Å²) >= 11 is 9.53. The number of hydrogen-bond acceptors (Lipinski definition) is 3. The van der Waals surface area contributed by atoms with E-state index in [9.17, 15) is 9.59 Å². The molecule has 0 aliphatic carbocycles. The van der Waals surface area contributed by atoms with Gasteiger partial charge in [0.2, 0.25) is 5.43 Å². The standard InChI is InChI=1S/C13H11BrClNO3/c1-3-19-13(18)7-5-16-11-8(14)4-6(2)10(15)9(11)12(7)17/h4-5H,3H2,1-2H3,(H,16,17). The van der Waals surface area contributed by atoms with E-state index < -0.39 is 11.4 Å². The summed E-state index contributed by atoms with van der Waals surface area (Å²) in [7, 11) is 0. The molecule has 0 saturated carbocycles. The van der Waals surface area contributed by atoms with Crippen LogP contribution in [-0.2, 0) is 4.74 Å². The van der Waals surface area contributed by atoms with Gasteiger partial charge in [-0.15, -0.1) is 0 Å². The molecule has 1 heterocycles. The maximum Gasteiger partial charge on any atom is 0.343 e. The molecule has 2 rings (SSSR count). The molecule has 0 spiro atoms. The third-order valence-corrected chi connectivity index (χ3v) is 3.84. The van der Waals surface area contributed by atoms with Crippen LogP contribution in [0.1, 0.15) is 22.8 Å². The van der Waals surface area contributed by atoms with E-state index in [1.165, 1.54) is 6.20 Å². The first-order valence-corrected chi connectivity index (χ1v) is 6.81. The van der Waals surface area contributed by atoms with Gasteiger partial charge in [-0.25, -0.2) is 4.79 Å². The predicted molar refractivity (Wildman–Crippen MR) is 78.0 cm³/mol. The van der Waals surface area contributed by atoms with Crippen LogP contribution in [0.4, 0.5) is 0 Å². The lowest BCUT2D eigenvalue weighted by atomic mass is 10.1. The summed E-state index contributed by atoms with van der Waals surface area (Å²) in [5.74, 6) is -0.653. The zero-order valence-electron chi connectivity index (χ0n) is 10.3. The highest BCUT2D eigenvalue weighted by atomic mass is 79.9. The molecular weight excluding hydrogens is 334 g/mol. The van der Waals surface area contributed by atoms with E-state index in [0.29, 0.717) is 15.9 Å². The number of carbonyl (C=O) groups is 1. The van der Waals surface area contributed by atoms with E-state index in [4.69, 9.17) is 16.3 Å². The Morgan fingerprint density at radius 3 is 2.84 bits per heavy atom. The number of H-pyrrole nitrogens is 1. The van der Waals surface area contributed by atoms with Crippen molar-refractivity contribution < 1.29 is 9.53 Å². The molecule has 1 aromatic carbocycles. The van der Waals surface area contributed by atoms with Gasteiger partial charge < -0.3 is 9.72 Å². The number of benzene rings is 1. The predicted octanol–water partition coefficient (Wildman–Crippen LogP) is 3.43. The van der Waals surface area contributed by atoms with Gasteiger partial charge in [-0.3, -0.25) is 4.79 Å². The first-order valence-electron chi connectivity index (χ1n) is 5.64. The molecule has 0 fully saturated rings. The summed E-state index contributed by atoms with van der Waals surface area (Å²) in [5, 5.41) is 0.629. The quantitative estimate of drug-likeness (QED) is 0.849. The van der Waals surface area contributed by atoms with Crippen LogP contribution in [0.2, 0.25) is 5.02 Å². The third-order valence-electron chi connectivity index (χ3n) is 2.73. The first kappa shape index (κ1) is 14.1. The van der Waals surface area contributed by atoms with E-state index in [1.807, 2.05) is 6.07 Å². The number of aromatic nitrogens is 1. The topological polar surface area (TPSA) is 59.2 Å². The van der Waals surface area contributed by atoms with Gasteiger partial charge in [-0.2, -0.15) is 0 Å². The number of aromatic amines is 1. The van der Waals surface area contributed by atoms with Crippen molar-refractivity contribution in [1.82, 2.24) is 4.98 Å². The van der Waals surface area contributed by atoms with Crippen molar-refractivity contribution in [2.24, 2.45) is 0 Å². The van der Waals surface area contributed by atoms with Gasteiger partial charge in [0.05, 0.1) is 22.5 Å². The third kappa shape index (κ3) is 2.40. The fourth-order valence-electron chi connectivity index (χ4n) is 1.81. The number of pyridine rings is 1. The molecule has 0 saturated heterocycles. The summed E-state index contributed by atoms with van der Waals surface area (Å²) in [6, 6.07) is 1.81. The Hall–Kier alpha value is -1.33. The summed E-state index contributed by atoms with van der Waals surface area (Å²) in [6.07, 6.45) is 1.35. The second-order valence-corrected chi connectivity index (χ2v) is 5.22. The van der Waals surface area contributed by atoms with E-state index in [1.54, 1.807) is 13.8 Å². The number of rotatable bonds is 2. The maximum absolute atomic E-state index is 12.3. The number of ether oxygens (including phenoxy) is 1. The summed E-state index contributed by atoms with van der Waals surface area (Å²) in [4.78, 5) is 26.9. The lowest BCUT2D eigenvalue weighted by Gasteiger charge is -2.08. The number of nitrogens with one attached hydrogen (secondary N) is 1. The number of fused-ring (bicyclic) bond motifs is 1. The van der Waals surface area contributed by atoms with Gasteiger partial charge in [-0.05, 0) is 41.4 Å². The van der Waals surface area contributed by atoms with Crippen molar-refractivity contribution in [2.45, 2.75) is 13.8 Å². The van der Waals surface area contributed by atoms with Gasteiger partial charge in [-0.1, -0.05) is 11.6 Å². The molecular formula is C13H11BrClNO3.